The van der Waals surface area contributed by atoms with Gasteiger partial charge in [-0.1, -0.05) is 62.7 Å². The number of aliphatic hydroxyl groups is 1. The summed E-state index contributed by atoms with van der Waals surface area (Å²) in [5, 5.41) is 38.0. The second-order valence-corrected chi connectivity index (χ2v) is 12.6. The lowest BCUT2D eigenvalue weighted by Gasteiger charge is -2.47. The number of carbonyl (C=O) groups excluding carboxylic acids is 1. The Morgan fingerprint density at radius 2 is 1.76 bits per heavy atom. The fraction of sp³-hybridized carbons (Fsp3) is 0.405. The maximum Gasteiger partial charge on any atom is 0.412 e. The molecular weight excluding hydrogens is 566 g/mol. The summed E-state index contributed by atoms with van der Waals surface area (Å²) in [6, 6.07) is 22.5. The van der Waals surface area contributed by atoms with Crippen molar-refractivity contribution < 1.29 is 24.9 Å². The number of aromatic hydroxyl groups is 2. The summed E-state index contributed by atoms with van der Waals surface area (Å²) in [7, 11) is 0. The molecule has 8 nitrogen and oxygen atoms in total. The zero-order chi connectivity index (χ0) is 30.9. The molecule has 238 valence electrons. The Bertz CT molecular complexity index is 1660. The molecule has 3 aromatic carbocycles. The zero-order valence-corrected chi connectivity index (χ0v) is 25.4. The van der Waals surface area contributed by atoms with Crippen LogP contribution in [0, 0.1) is 6.92 Å². The van der Waals surface area contributed by atoms with Gasteiger partial charge in [0.15, 0.2) is 11.5 Å². The number of aromatic nitrogens is 1. The first-order valence-electron chi connectivity index (χ1n) is 15.6. The van der Waals surface area contributed by atoms with Gasteiger partial charge < -0.3 is 25.4 Å². The molecule has 0 radical (unpaired) electrons. The third-order valence-corrected chi connectivity index (χ3v) is 9.75. The van der Waals surface area contributed by atoms with Gasteiger partial charge in [0.1, 0.15) is 5.75 Å². The van der Waals surface area contributed by atoms with E-state index in [2.05, 4.69) is 16.3 Å². The molecule has 0 spiro atoms. The summed E-state index contributed by atoms with van der Waals surface area (Å²) in [6.45, 7) is 5.84. The van der Waals surface area contributed by atoms with Crippen LogP contribution in [0.4, 0.5) is 4.79 Å². The minimum Gasteiger partial charge on any atom is -0.504 e. The lowest BCUT2D eigenvalue weighted by molar-refractivity contribution is -0.0326. The molecule has 0 saturated carbocycles. The van der Waals surface area contributed by atoms with Crippen molar-refractivity contribution in [3.05, 3.63) is 95.2 Å². The van der Waals surface area contributed by atoms with Gasteiger partial charge in [-0.25, -0.2) is 4.79 Å². The summed E-state index contributed by atoms with van der Waals surface area (Å²) in [5.41, 5.74) is 2.42. The first kappa shape index (κ1) is 32.3. The monoisotopic (exact) mass is 611 g/mol. The Morgan fingerprint density at radius 1 is 1.02 bits per heavy atom. The average Bonchev–Trinajstić information content (AvgIpc) is 3.10. The molecule has 6 rings (SSSR count). The number of aryl methyl sites for hydroxylation is 1. The third-order valence-electron chi connectivity index (χ3n) is 9.75. The van der Waals surface area contributed by atoms with Crippen molar-refractivity contribution in [2.75, 3.05) is 19.6 Å². The average molecular weight is 612 g/mol. The second kappa shape index (κ2) is 13.1. The Balaban J connectivity index is 0.00000400. The first-order chi connectivity index (χ1) is 21.2. The van der Waals surface area contributed by atoms with E-state index in [9.17, 15) is 20.1 Å². The number of hydrogen-bond donors (Lipinski definition) is 4. The summed E-state index contributed by atoms with van der Waals surface area (Å²) >= 11 is 0. The molecular formula is C37H45N3O5. The third kappa shape index (κ3) is 6.09. The second-order valence-electron chi connectivity index (χ2n) is 12.6. The standard InChI is InChI=1S/C36H41N3O5.CH4/c1-24-20-25-12-8-9-15-28(25)38-29(24)22-36-23-39(31(35(36,2)43)21-26-16-17-30(40)33(41)32(26)36)19-11-4-3-10-18-37-34(42)44-27-13-6-5-7-14-27;/h5-9,12-17,20,31,40-41,43H,3-4,10-11,18-19,21-23H2,1-2H3,(H,37,42);1H4. The van der Waals surface area contributed by atoms with Crippen molar-refractivity contribution in [1.29, 1.82) is 0 Å². The van der Waals surface area contributed by atoms with Crippen LogP contribution in [-0.2, 0) is 18.3 Å². The number of carbonyl (C=O) groups is 1. The number of para-hydroxylation sites is 2. The van der Waals surface area contributed by atoms with E-state index in [0.717, 1.165) is 60.0 Å². The number of pyridine rings is 1. The van der Waals surface area contributed by atoms with Crippen LogP contribution >= 0.6 is 0 Å². The molecule has 1 aliphatic carbocycles. The molecule has 1 fully saturated rings. The van der Waals surface area contributed by atoms with Crippen LogP contribution in [0.3, 0.4) is 0 Å². The summed E-state index contributed by atoms with van der Waals surface area (Å²) in [6.07, 6.45) is 4.32. The number of fused-ring (bicyclic) bond motifs is 5. The van der Waals surface area contributed by atoms with E-state index in [1.165, 1.54) is 0 Å². The van der Waals surface area contributed by atoms with Gasteiger partial charge in [-0.15, -0.1) is 0 Å². The molecule has 1 amide bonds. The number of nitrogens with zero attached hydrogens (tertiary/aromatic N) is 2. The Labute approximate surface area is 265 Å². The minimum atomic E-state index is -1.16. The predicted molar refractivity (Wildman–Crippen MR) is 177 cm³/mol. The molecule has 4 aromatic rings. The van der Waals surface area contributed by atoms with Crippen molar-refractivity contribution in [3.8, 4) is 17.2 Å². The number of unbranched alkanes of at least 4 members (excludes halogenated alkanes) is 3. The minimum absolute atomic E-state index is 0. The highest BCUT2D eigenvalue weighted by molar-refractivity contribution is 5.79. The highest BCUT2D eigenvalue weighted by Gasteiger charge is 2.64. The van der Waals surface area contributed by atoms with E-state index in [1.54, 1.807) is 18.2 Å². The van der Waals surface area contributed by atoms with Crippen molar-refractivity contribution in [1.82, 2.24) is 15.2 Å². The lowest BCUT2D eigenvalue weighted by atomic mass is 9.59. The van der Waals surface area contributed by atoms with Gasteiger partial charge in [0, 0.05) is 47.6 Å². The van der Waals surface area contributed by atoms with E-state index >= 15 is 0 Å². The summed E-state index contributed by atoms with van der Waals surface area (Å²) in [4.78, 5) is 19.4. The number of amides is 1. The Morgan fingerprint density at radius 3 is 2.56 bits per heavy atom. The maximum atomic E-state index is 12.3. The highest BCUT2D eigenvalue weighted by Crippen LogP contribution is 2.57. The number of rotatable bonds is 10. The van der Waals surface area contributed by atoms with Crippen LogP contribution in [0.5, 0.6) is 17.2 Å². The van der Waals surface area contributed by atoms with Crippen LogP contribution < -0.4 is 10.1 Å². The summed E-state index contributed by atoms with van der Waals surface area (Å²) < 4.78 is 5.27. The van der Waals surface area contributed by atoms with Gasteiger partial charge in [-0.2, -0.15) is 0 Å². The van der Waals surface area contributed by atoms with Crippen molar-refractivity contribution in [2.45, 2.75) is 76.9 Å². The zero-order valence-electron chi connectivity index (χ0n) is 25.4. The molecule has 2 heterocycles. The van der Waals surface area contributed by atoms with E-state index < -0.39 is 17.1 Å². The quantitative estimate of drug-likeness (QED) is 0.121. The van der Waals surface area contributed by atoms with Crippen LogP contribution in [0.25, 0.3) is 10.9 Å². The van der Waals surface area contributed by atoms with E-state index in [4.69, 9.17) is 9.72 Å². The molecule has 2 aliphatic rings. The summed E-state index contributed by atoms with van der Waals surface area (Å²) in [5.74, 6) is 0.215. The molecule has 1 aliphatic heterocycles. The van der Waals surface area contributed by atoms with Gasteiger partial charge in [0.25, 0.3) is 0 Å². The topological polar surface area (TPSA) is 115 Å². The smallest absolute Gasteiger partial charge is 0.412 e. The van der Waals surface area contributed by atoms with E-state index in [1.807, 2.05) is 62.4 Å². The normalized spacial score (nSPS) is 22.1. The van der Waals surface area contributed by atoms with Crippen LogP contribution in [0.1, 0.15) is 62.4 Å². The Kier molecular flexibility index (Phi) is 9.37. The van der Waals surface area contributed by atoms with Crippen molar-refractivity contribution >= 4 is 17.0 Å². The molecule has 45 heavy (non-hydrogen) atoms. The number of likely N-dealkylation sites (tertiary alicyclic amines) is 1. The number of ether oxygens (including phenoxy) is 1. The molecule has 3 unspecified atom stereocenters. The van der Waals surface area contributed by atoms with Gasteiger partial charge >= 0.3 is 6.09 Å². The fourth-order valence-corrected chi connectivity index (χ4v) is 7.39. The lowest BCUT2D eigenvalue weighted by Crippen LogP contribution is -2.57. The SMILES string of the molecule is C.Cc1cc2ccccc2nc1CC12CN(CCCCCCNC(=O)Oc3ccccc3)C(Cc3ccc(O)c(O)c31)C2(C)O. The van der Waals surface area contributed by atoms with Gasteiger partial charge in [0.05, 0.1) is 11.1 Å². The molecule has 1 aromatic heterocycles. The van der Waals surface area contributed by atoms with E-state index in [-0.39, 0.29) is 25.0 Å². The number of phenols is 2. The maximum absolute atomic E-state index is 12.3. The van der Waals surface area contributed by atoms with Gasteiger partial charge in [0.2, 0.25) is 0 Å². The molecule has 1 saturated heterocycles. The van der Waals surface area contributed by atoms with E-state index in [0.29, 0.717) is 37.2 Å². The van der Waals surface area contributed by atoms with Gasteiger partial charge in [-0.05, 0) is 81.1 Å². The van der Waals surface area contributed by atoms with Crippen LogP contribution in [0.15, 0.2) is 72.8 Å². The first-order valence-corrected chi connectivity index (χ1v) is 15.6. The largest absolute Gasteiger partial charge is 0.504 e. The molecule has 8 heteroatoms. The number of nitrogens with one attached hydrogen (secondary N) is 1. The molecule has 2 bridgehead atoms. The Hall–Kier alpha value is -4.14. The molecule has 4 N–H and O–H groups in total. The number of phenolic OH excluding ortho intramolecular Hbond substituents is 2. The number of hydrogen-bond acceptors (Lipinski definition) is 7. The fourth-order valence-electron chi connectivity index (χ4n) is 7.39. The van der Waals surface area contributed by atoms with Crippen LogP contribution in [-0.4, -0.2) is 62.6 Å². The van der Waals surface area contributed by atoms with Crippen molar-refractivity contribution in [3.63, 3.8) is 0 Å². The number of benzene rings is 3. The molecule has 3 atom stereocenters. The predicted octanol–water partition coefficient (Wildman–Crippen LogP) is 6.41. The highest BCUT2D eigenvalue weighted by atomic mass is 16.6. The van der Waals surface area contributed by atoms with Gasteiger partial charge in [-0.3, -0.25) is 9.88 Å². The van der Waals surface area contributed by atoms with Crippen molar-refractivity contribution in [2.24, 2.45) is 0 Å². The van der Waals surface area contributed by atoms with Crippen LogP contribution in [0.2, 0.25) is 0 Å².